The number of nitrogens with one attached hydrogen (secondary N) is 1. The highest BCUT2D eigenvalue weighted by Gasteiger charge is 2.13. The van der Waals surface area contributed by atoms with E-state index in [0.717, 1.165) is 32.5 Å². The summed E-state index contributed by atoms with van der Waals surface area (Å²) in [7, 11) is 1.37. The van der Waals surface area contributed by atoms with Gasteiger partial charge in [0.05, 0.1) is 22.9 Å². The van der Waals surface area contributed by atoms with Crippen molar-refractivity contribution < 1.29 is 9.53 Å². The number of hydrogen-bond acceptors (Lipinski definition) is 5. The van der Waals surface area contributed by atoms with Gasteiger partial charge in [-0.2, -0.15) is 0 Å². The van der Waals surface area contributed by atoms with Crippen LogP contribution in [-0.4, -0.2) is 18.1 Å². The summed E-state index contributed by atoms with van der Waals surface area (Å²) in [6.07, 6.45) is 0. The Morgan fingerprint density at radius 2 is 2.04 bits per heavy atom. The van der Waals surface area contributed by atoms with Crippen molar-refractivity contribution in [1.82, 2.24) is 4.98 Å². The lowest BCUT2D eigenvalue weighted by Gasteiger charge is -2.10. The second-order valence-electron chi connectivity index (χ2n) is 5.48. The predicted octanol–water partition coefficient (Wildman–Crippen LogP) is 5.63. The summed E-state index contributed by atoms with van der Waals surface area (Å²) in [6.45, 7) is 0. The summed E-state index contributed by atoms with van der Waals surface area (Å²) in [6, 6.07) is 15.0. The smallest absolute Gasteiger partial charge is 0.337 e. The van der Waals surface area contributed by atoms with Crippen LogP contribution in [0.2, 0.25) is 5.02 Å². The van der Waals surface area contributed by atoms with E-state index in [4.69, 9.17) is 21.3 Å². The predicted molar refractivity (Wildman–Crippen MR) is 103 cm³/mol. The molecule has 0 saturated carbocycles. The summed E-state index contributed by atoms with van der Waals surface area (Å²) in [5, 5.41) is 8.11. The van der Waals surface area contributed by atoms with E-state index in [1.807, 2.05) is 35.7 Å². The Balaban J connectivity index is 1.89. The minimum absolute atomic E-state index is 0.376. The first kappa shape index (κ1) is 15.9. The van der Waals surface area contributed by atoms with Gasteiger partial charge in [-0.3, -0.25) is 0 Å². The molecule has 0 saturated heterocycles. The molecule has 4 rings (SSSR count). The molecule has 6 heteroatoms. The van der Waals surface area contributed by atoms with Crippen molar-refractivity contribution in [3.05, 3.63) is 64.5 Å². The Morgan fingerprint density at radius 1 is 1.16 bits per heavy atom. The number of halogens is 1. The summed E-state index contributed by atoms with van der Waals surface area (Å²) in [5.41, 5.74) is 2.07. The fraction of sp³-hybridized carbons (Fsp3) is 0.0526. The zero-order chi connectivity index (χ0) is 17.4. The normalized spacial score (nSPS) is 11.0. The summed E-state index contributed by atoms with van der Waals surface area (Å²) >= 11 is 7.68. The van der Waals surface area contributed by atoms with Crippen LogP contribution < -0.4 is 5.32 Å². The van der Waals surface area contributed by atoms with Gasteiger partial charge in [-0.1, -0.05) is 23.7 Å². The highest BCUT2D eigenvalue weighted by molar-refractivity contribution is 7.18. The molecule has 0 bridgehead atoms. The first-order valence-corrected chi connectivity index (χ1v) is 8.83. The molecule has 0 aliphatic carbocycles. The van der Waals surface area contributed by atoms with Gasteiger partial charge in [-0.05, 0) is 41.8 Å². The third kappa shape index (κ3) is 2.92. The maximum Gasteiger partial charge on any atom is 0.337 e. The van der Waals surface area contributed by atoms with Crippen LogP contribution in [-0.2, 0) is 4.74 Å². The van der Waals surface area contributed by atoms with Gasteiger partial charge in [0.2, 0.25) is 0 Å². The fourth-order valence-corrected chi connectivity index (χ4v) is 3.80. The van der Waals surface area contributed by atoms with Crippen molar-refractivity contribution in [3.8, 4) is 0 Å². The lowest BCUT2D eigenvalue weighted by atomic mass is 10.1. The molecule has 2 heterocycles. The molecular formula is C19H13ClN2O2S. The quantitative estimate of drug-likeness (QED) is 0.476. The Hall–Kier alpha value is -2.63. The van der Waals surface area contributed by atoms with Gasteiger partial charge < -0.3 is 10.1 Å². The molecule has 0 radical (unpaired) electrons. The number of nitrogens with zero attached hydrogens (tertiary/aromatic N) is 1. The molecule has 2 aromatic carbocycles. The molecule has 0 aliphatic heterocycles. The Kier molecular flexibility index (Phi) is 4.03. The number of esters is 1. The number of carbonyl (C=O) groups is 1. The standard InChI is InChI=1S/C19H13ClN2O2S/c1-24-19(23)11-5-6-14-15-7-8-25-17(15)18(22-16(14)9-11)21-13-4-2-3-12(20)10-13/h2-10H,1H3,(H,21,22). The summed E-state index contributed by atoms with van der Waals surface area (Å²) in [5.74, 6) is 0.361. The number of aromatic nitrogens is 1. The molecule has 25 heavy (non-hydrogen) atoms. The van der Waals surface area contributed by atoms with Crippen LogP contribution in [0.25, 0.3) is 21.0 Å². The number of anilines is 2. The number of ether oxygens (including phenoxy) is 1. The molecule has 2 aromatic heterocycles. The average Bonchev–Trinajstić information content (AvgIpc) is 3.11. The van der Waals surface area contributed by atoms with E-state index in [0.29, 0.717) is 10.6 Å². The number of methoxy groups -OCH3 is 1. The van der Waals surface area contributed by atoms with E-state index in [1.54, 1.807) is 23.5 Å². The van der Waals surface area contributed by atoms with Crippen LogP contribution in [0.4, 0.5) is 11.5 Å². The largest absolute Gasteiger partial charge is 0.465 e. The van der Waals surface area contributed by atoms with Crippen LogP contribution in [0, 0.1) is 0 Å². The van der Waals surface area contributed by atoms with E-state index >= 15 is 0 Å². The van der Waals surface area contributed by atoms with Crippen LogP contribution in [0.1, 0.15) is 10.4 Å². The Labute approximate surface area is 153 Å². The van der Waals surface area contributed by atoms with Crippen LogP contribution in [0.3, 0.4) is 0 Å². The van der Waals surface area contributed by atoms with Crippen LogP contribution >= 0.6 is 22.9 Å². The first-order valence-electron chi connectivity index (χ1n) is 7.57. The third-order valence-electron chi connectivity index (χ3n) is 3.91. The highest BCUT2D eigenvalue weighted by Crippen LogP contribution is 2.35. The van der Waals surface area contributed by atoms with Crippen molar-refractivity contribution >= 4 is 61.4 Å². The van der Waals surface area contributed by atoms with Crippen LogP contribution in [0.15, 0.2) is 53.9 Å². The van der Waals surface area contributed by atoms with Crippen molar-refractivity contribution in [2.75, 3.05) is 12.4 Å². The number of carbonyl (C=O) groups excluding carboxylic acids is 1. The molecule has 0 atom stereocenters. The van der Waals surface area contributed by atoms with E-state index in [-0.39, 0.29) is 5.97 Å². The van der Waals surface area contributed by atoms with E-state index in [2.05, 4.69) is 11.4 Å². The number of benzene rings is 2. The summed E-state index contributed by atoms with van der Waals surface area (Å²) < 4.78 is 5.86. The van der Waals surface area contributed by atoms with Gasteiger partial charge in [0.25, 0.3) is 0 Å². The molecule has 0 amide bonds. The summed E-state index contributed by atoms with van der Waals surface area (Å²) in [4.78, 5) is 16.5. The fourth-order valence-electron chi connectivity index (χ4n) is 2.76. The van der Waals surface area contributed by atoms with Gasteiger partial charge in [0.15, 0.2) is 0 Å². The van der Waals surface area contributed by atoms with Crippen LogP contribution in [0.5, 0.6) is 0 Å². The first-order chi connectivity index (χ1) is 12.2. The molecular weight excluding hydrogens is 356 g/mol. The Morgan fingerprint density at radius 3 is 2.84 bits per heavy atom. The van der Waals surface area contributed by atoms with E-state index in [1.165, 1.54) is 7.11 Å². The van der Waals surface area contributed by atoms with Crippen molar-refractivity contribution in [1.29, 1.82) is 0 Å². The van der Waals surface area contributed by atoms with Gasteiger partial charge in [-0.15, -0.1) is 11.3 Å². The highest BCUT2D eigenvalue weighted by atomic mass is 35.5. The maximum absolute atomic E-state index is 11.8. The van der Waals surface area contributed by atoms with Crippen molar-refractivity contribution in [3.63, 3.8) is 0 Å². The van der Waals surface area contributed by atoms with Crippen molar-refractivity contribution in [2.45, 2.75) is 0 Å². The maximum atomic E-state index is 11.8. The molecule has 0 spiro atoms. The number of rotatable bonds is 3. The zero-order valence-corrected chi connectivity index (χ0v) is 14.8. The monoisotopic (exact) mass is 368 g/mol. The molecule has 1 N–H and O–H groups in total. The second kappa shape index (κ2) is 6.35. The topological polar surface area (TPSA) is 51.2 Å². The zero-order valence-electron chi connectivity index (χ0n) is 13.2. The SMILES string of the molecule is COC(=O)c1ccc2c(c1)nc(Nc1cccc(Cl)c1)c1sccc12. The molecule has 0 fully saturated rings. The van der Waals surface area contributed by atoms with Gasteiger partial charge in [0.1, 0.15) is 5.82 Å². The second-order valence-corrected chi connectivity index (χ2v) is 6.84. The molecule has 124 valence electrons. The minimum Gasteiger partial charge on any atom is -0.465 e. The van der Waals surface area contributed by atoms with Gasteiger partial charge >= 0.3 is 5.97 Å². The van der Waals surface area contributed by atoms with Gasteiger partial charge in [0, 0.05) is 21.5 Å². The average molecular weight is 369 g/mol. The molecule has 0 aliphatic rings. The molecule has 4 nitrogen and oxygen atoms in total. The number of hydrogen-bond donors (Lipinski definition) is 1. The minimum atomic E-state index is -0.376. The third-order valence-corrected chi connectivity index (χ3v) is 5.07. The lowest BCUT2D eigenvalue weighted by Crippen LogP contribution is -2.01. The van der Waals surface area contributed by atoms with E-state index < -0.39 is 0 Å². The number of pyridine rings is 1. The lowest BCUT2D eigenvalue weighted by molar-refractivity contribution is 0.0601. The number of fused-ring (bicyclic) bond motifs is 3. The van der Waals surface area contributed by atoms with E-state index in [9.17, 15) is 4.79 Å². The number of thiophene rings is 1. The van der Waals surface area contributed by atoms with Crippen molar-refractivity contribution in [2.24, 2.45) is 0 Å². The molecule has 4 aromatic rings. The Bertz CT molecular complexity index is 1110. The van der Waals surface area contributed by atoms with Gasteiger partial charge in [-0.25, -0.2) is 9.78 Å². The molecule has 0 unspecified atom stereocenters.